The van der Waals surface area contributed by atoms with Crippen molar-refractivity contribution in [2.45, 2.75) is 19.8 Å². The van der Waals surface area contributed by atoms with E-state index in [1.165, 1.54) is 19.1 Å². The predicted molar refractivity (Wildman–Crippen MR) is 104 cm³/mol. The highest BCUT2D eigenvalue weighted by Crippen LogP contribution is 2.15. The lowest BCUT2D eigenvalue weighted by molar-refractivity contribution is -0.142. The lowest BCUT2D eigenvalue weighted by Crippen LogP contribution is -2.28. The summed E-state index contributed by atoms with van der Waals surface area (Å²) in [5.41, 5.74) is 0.822. The Labute approximate surface area is 167 Å². The molecule has 0 saturated heterocycles. The van der Waals surface area contributed by atoms with Gasteiger partial charge in [-0.15, -0.1) is 0 Å². The maximum atomic E-state index is 14.0. The second kappa shape index (κ2) is 10.7. The third kappa shape index (κ3) is 7.53. The van der Waals surface area contributed by atoms with E-state index < -0.39 is 24.2 Å². The van der Waals surface area contributed by atoms with Crippen molar-refractivity contribution in [2.24, 2.45) is 0 Å². The minimum atomic E-state index is -0.828. The van der Waals surface area contributed by atoms with Gasteiger partial charge in [0.1, 0.15) is 5.82 Å². The van der Waals surface area contributed by atoms with Gasteiger partial charge in [-0.1, -0.05) is 30.3 Å². The maximum absolute atomic E-state index is 14.0. The Morgan fingerprint density at radius 2 is 1.76 bits per heavy atom. The summed E-state index contributed by atoms with van der Waals surface area (Å²) in [7, 11) is 0. The number of ether oxygens (including phenoxy) is 1. The van der Waals surface area contributed by atoms with Crippen LogP contribution in [0.2, 0.25) is 0 Å². The average molecular weight is 400 g/mol. The van der Waals surface area contributed by atoms with Gasteiger partial charge in [0.15, 0.2) is 6.61 Å². The van der Waals surface area contributed by atoms with Gasteiger partial charge in [0.25, 0.3) is 0 Å². The van der Waals surface area contributed by atoms with Crippen molar-refractivity contribution < 1.29 is 28.3 Å². The second-order valence-electron chi connectivity index (χ2n) is 6.22. The van der Waals surface area contributed by atoms with E-state index in [1.807, 2.05) is 30.3 Å². The fourth-order valence-corrected chi connectivity index (χ4v) is 2.47. The number of Topliss-reactive ketones (excluding diaryl/α,β-unsaturated/α-hetero) is 1. The molecule has 0 radical (unpaired) electrons. The molecule has 2 rings (SSSR count). The number of halogens is 1. The highest BCUT2D eigenvalue weighted by Gasteiger charge is 2.15. The summed E-state index contributed by atoms with van der Waals surface area (Å²) in [5.74, 6) is -2.83. The van der Waals surface area contributed by atoms with Gasteiger partial charge in [-0.25, -0.2) is 4.39 Å². The molecule has 0 spiro atoms. The maximum Gasteiger partial charge on any atom is 0.308 e. The van der Waals surface area contributed by atoms with Crippen molar-refractivity contribution in [3.63, 3.8) is 0 Å². The molecule has 0 fully saturated rings. The van der Waals surface area contributed by atoms with Crippen molar-refractivity contribution in [1.82, 2.24) is 5.32 Å². The molecule has 0 unspecified atom stereocenters. The molecule has 8 heteroatoms. The van der Waals surface area contributed by atoms with Crippen LogP contribution >= 0.6 is 0 Å². The van der Waals surface area contributed by atoms with Gasteiger partial charge >= 0.3 is 5.97 Å². The summed E-state index contributed by atoms with van der Waals surface area (Å²) in [6, 6.07) is 12.7. The van der Waals surface area contributed by atoms with Crippen LogP contribution < -0.4 is 10.6 Å². The summed E-state index contributed by atoms with van der Waals surface area (Å²) >= 11 is 0. The quantitative estimate of drug-likeness (QED) is 0.497. The molecule has 2 N–H and O–H groups in total. The fraction of sp³-hybridized carbons (Fsp3) is 0.238. The number of carbonyl (C=O) groups is 4. The van der Waals surface area contributed by atoms with Crippen molar-refractivity contribution in [2.75, 3.05) is 18.5 Å². The number of nitrogens with one attached hydrogen (secondary N) is 2. The zero-order valence-corrected chi connectivity index (χ0v) is 15.9. The normalized spacial score (nSPS) is 10.1. The smallest absolute Gasteiger partial charge is 0.308 e. The van der Waals surface area contributed by atoms with Crippen molar-refractivity contribution in [3.8, 4) is 0 Å². The molecular weight excluding hydrogens is 379 g/mol. The van der Waals surface area contributed by atoms with E-state index in [9.17, 15) is 23.6 Å². The van der Waals surface area contributed by atoms with Crippen LogP contribution in [0.1, 0.15) is 29.3 Å². The molecule has 2 aromatic rings. The van der Waals surface area contributed by atoms with E-state index in [-0.39, 0.29) is 42.5 Å². The van der Waals surface area contributed by atoms with Crippen LogP contribution in [0.4, 0.5) is 10.1 Å². The molecule has 0 aromatic heterocycles. The first kappa shape index (κ1) is 21.7. The van der Waals surface area contributed by atoms with Crippen molar-refractivity contribution in [3.05, 3.63) is 65.5 Å². The lowest BCUT2D eigenvalue weighted by Gasteiger charge is -2.08. The number of hydrogen-bond acceptors (Lipinski definition) is 5. The number of esters is 1. The molecular formula is C21H21FN2O5. The number of rotatable bonds is 9. The number of ketones is 1. The highest BCUT2D eigenvalue weighted by molar-refractivity contribution is 5.99. The monoisotopic (exact) mass is 400 g/mol. The van der Waals surface area contributed by atoms with Gasteiger partial charge in [-0.05, 0) is 23.8 Å². The SMILES string of the molecule is CC(=O)Nc1ccc(C(=O)COC(=O)CCNC(=O)Cc2ccccc2)c(F)c1. The van der Waals surface area contributed by atoms with E-state index in [0.29, 0.717) is 0 Å². The topological polar surface area (TPSA) is 102 Å². The summed E-state index contributed by atoms with van der Waals surface area (Å²) in [6.45, 7) is 0.728. The van der Waals surface area contributed by atoms with E-state index in [4.69, 9.17) is 4.74 Å². The zero-order chi connectivity index (χ0) is 21.2. The molecule has 0 saturated carbocycles. The Balaban J connectivity index is 1.72. The van der Waals surface area contributed by atoms with Crippen LogP contribution in [0.25, 0.3) is 0 Å². The van der Waals surface area contributed by atoms with Gasteiger partial charge in [-0.2, -0.15) is 0 Å². The van der Waals surface area contributed by atoms with Crippen LogP contribution in [0.3, 0.4) is 0 Å². The number of carbonyl (C=O) groups excluding carboxylic acids is 4. The lowest BCUT2D eigenvalue weighted by atomic mass is 10.1. The molecule has 0 aliphatic rings. The summed E-state index contributed by atoms with van der Waals surface area (Å²) < 4.78 is 18.8. The molecule has 7 nitrogen and oxygen atoms in total. The molecule has 29 heavy (non-hydrogen) atoms. The van der Waals surface area contributed by atoms with Gasteiger partial charge in [0, 0.05) is 19.2 Å². The Morgan fingerprint density at radius 1 is 1.03 bits per heavy atom. The first-order valence-electron chi connectivity index (χ1n) is 8.91. The molecule has 0 bridgehead atoms. The minimum Gasteiger partial charge on any atom is -0.457 e. The summed E-state index contributed by atoms with van der Waals surface area (Å²) in [6.07, 6.45) is 0.0832. The Morgan fingerprint density at radius 3 is 2.41 bits per heavy atom. The van der Waals surface area contributed by atoms with Gasteiger partial charge in [-0.3, -0.25) is 19.2 Å². The molecule has 0 heterocycles. The number of amides is 2. The third-order valence-electron chi connectivity index (χ3n) is 3.81. The first-order valence-corrected chi connectivity index (χ1v) is 8.91. The Hall–Kier alpha value is -3.55. The van der Waals surface area contributed by atoms with Crippen molar-refractivity contribution >= 4 is 29.3 Å². The zero-order valence-electron chi connectivity index (χ0n) is 15.9. The van der Waals surface area contributed by atoms with Crippen LogP contribution in [0, 0.1) is 5.82 Å². The van der Waals surface area contributed by atoms with Crippen LogP contribution in [-0.2, 0) is 25.5 Å². The second-order valence-corrected chi connectivity index (χ2v) is 6.22. The highest BCUT2D eigenvalue weighted by atomic mass is 19.1. The number of hydrogen-bond donors (Lipinski definition) is 2. The third-order valence-corrected chi connectivity index (χ3v) is 3.81. The fourth-order valence-electron chi connectivity index (χ4n) is 2.47. The van der Waals surface area contributed by atoms with E-state index in [1.54, 1.807) is 0 Å². The molecule has 152 valence electrons. The van der Waals surface area contributed by atoms with Crippen LogP contribution in [0.5, 0.6) is 0 Å². The van der Waals surface area contributed by atoms with Crippen molar-refractivity contribution in [1.29, 1.82) is 0 Å². The largest absolute Gasteiger partial charge is 0.457 e. The van der Waals surface area contributed by atoms with Gasteiger partial charge < -0.3 is 15.4 Å². The van der Waals surface area contributed by atoms with E-state index >= 15 is 0 Å². The predicted octanol–water partition coefficient (Wildman–Crippen LogP) is 2.26. The molecule has 2 aromatic carbocycles. The summed E-state index contributed by atoms with van der Waals surface area (Å²) in [4.78, 5) is 46.5. The number of benzene rings is 2. The Kier molecular flexibility index (Phi) is 8.02. The molecule has 0 aliphatic carbocycles. The molecule has 2 amide bonds. The van der Waals surface area contributed by atoms with Gasteiger partial charge in [0.2, 0.25) is 17.6 Å². The minimum absolute atomic E-state index is 0.0679. The summed E-state index contributed by atoms with van der Waals surface area (Å²) in [5, 5.41) is 4.99. The molecule has 0 atom stereocenters. The Bertz CT molecular complexity index is 899. The standard InChI is InChI=1S/C21H21FN2O5/c1-14(25)24-16-7-8-17(18(22)12-16)19(26)13-29-21(28)9-10-23-20(27)11-15-5-3-2-4-6-15/h2-8,12H,9-11,13H2,1H3,(H,23,27)(H,24,25). The first-order chi connectivity index (χ1) is 13.8. The van der Waals surface area contributed by atoms with Gasteiger partial charge in [0.05, 0.1) is 18.4 Å². The van der Waals surface area contributed by atoms with Crippen LogP contribution in [0.15, 0.2) is 48.5 Å². The average Bonchev–Trinajstić information content (AvgIpc) is 2.66. The van der Waals surface area contributed by atoms with E-state index in [2.05, 4.69) is 10.6 Å². The van der Waals surface area contributed by atoms with E-state index in [0.717, 1.165) is 11.6 Å². The van der Waals surface area contributed by atoms with Crippen LogP contribution in [-0.4, -0.2) is 36.7 Å². The number of anilines is 1. The molecule has 0 aliphatic heterocycles.